The third-order valence-electron chi connectivity index (χ3n) is 2.25. The zero-order chi connectivity index (χ0) is 14.0. The number of benzene rings is 2. The highest BCUT2D eigenvalue weighted by Crippen LogP contribution is 2.33. The van der Waals surface area contributed by atoms with Crippen molar-refractivity contribution in [2.45, 2.75) is 0 Å². The van der Waals surface area contributed by atoms with Gasteiger partial charge in [0.25, 0.3) is 0 Å². The Balaban J connectivity index is 2.43. The maximum Gasteiger partial charge on any atom is 0.341 e. The number of carboxylic acids is 1. The molecule has 0 radical (unpaired) electrons. The van der Waals surface area contributed by atoms with Crippen LogP contribution in [-0.4, -0.2) is 11.1 Å². The SMILES string of the molecule is O=C(O)c1c(Cl)cccc1Oc1cc(Cl)cc(Cl)c1. The van der Waals surface area contributed by atoms with Crippen LogP contribution >= 0.6 is 34.8 Å². The minimum absolute atomic E-state index is 0.0955. The predicted octanol–water partition coefficient (Wildman–Crippen LogP) is 5.14. The van der Waals surface area contributed by atoms with Gasteiger partial charge in [-0.1, -0.05) is 40.9 Å². The minimum atomic E-state index is -1.17. The number of carbonyl (C=O) groups is 1. The average Bonchev–Trinajstić information content (AvgIpc) is 2.26. The summed E-state index contributed by atoms with van der Waals surface area (Å²) in [4.78, 5) is 11.2. The predicted molar refractivity (Wildman–Crippen MR) is 74.9 cm³/mol. The molecule has 0 fully saturated rings. The van der Waals surface area contributed by atoms with Crippen LogP contribution in [0.25, 0.3) is 0 Å². The number of ether oxygens (including phenoxy) is 1. The number of hydrogen-bond acceptors (Lipinski definition) is 2. The first-order valence-electron chi connectivity index (χ1n) is 5.13. The third kappa shape index (κ3) is 3.32. The van der Waals surface area contributed by atoms with Crippen molar-refractivity contribution in [3.05, 3.63) is 57.0 Å². The third-order valence-corrected chi connectivity index (χ3v) is 3.00. The lowest BCUT2D eigenvalue weighted by atomic mass is 10.2. The molecule has 0 unspecified atom stereocenters. The lowest BCUT2D eigenvalue weighted by molar-refractivity contribution is 0.0694. The Morgan fingerprint density at radius 3 is 2.26 bits per heavy atom. The second kappa shape index (κ2) is 5.70. The molecule has 0 aliphatic carbocycles. The van der Waals surface area contributed by atoms with Crippen molar-refractivity contribution in [1.29, 1.82) is 0 Å². The van der Waals surface area contributed by atoms with Gasteiger partial charge in [0.1, 0.15) is 17.1 Å². The molecule has 0 atom stereocenters. The summed E-state index contributed by atoms with van der Waals surface area (Å²) >= 11 is 17.5. The lowest BCUT2D eigenvalue weighted by Gasteiger charge is -2.10. The smallest absolute Gasteiger partial charge is 0.341 e. The molecular weight excluding hydrogens is 310 g/mol. The van der Waals surface area contributed by atoms with Crippen molar-refractivity contribution in [2.75, 3.05) is 0 Å². The molecular formula is C13H7Cl3O3. The molecule has 98 valence electrons. The molecule has 0 bridgehead atoms. The van der Waals surface area contributed by atoms with Crippen molar-refractivity contribution < 1.29 is 14.6 Å². The van der Waals surface area contributed by atoms with Crippen LogP contribution in [0.1, 0.15) is 10.4 Å². The molecule has 0 heterocycles. The maximum atomic E-state index is 11.2. The van der Waals surface area contributed by atoms with Gasteiger partial charge in [-0.15, -0.1) is 0 Å². The quantitative estimate of drug-likeness (QED) is 0.853. The Kier molecular flexibility index (Phi) is 4.20. The zero-order valence-corrected chi connectivity index (χ0v) is 11.6. The molecule has 2 rings (SSSR count). The Labute approximate surface area is 124 Å². The topological polar surface area (TPSA) is 46.5 Å². The zero-order valence-electron chi connectivity index (χ0n) is 9.36. The number of rotatable bonds is 3. The first-order valence-corrected chi connectivity index (χ1v) is 6.26. The summed E-state index contributed by atoms with van der Waals surface area (Å²) in [5.74, 6) is -0.714. The molecule has 0 aliphatic rings. The van der Waals surface area contributed by atoms with Crippen molar-refractivity contribution in [2.24, 2.45) is 0 Å². The molecule has 3 nitrogen and oxygen atoms in total. The van der Waals surface area contributed by atoms with Gasteiger partial charge in [0.15, 0.2) is 0 Å². The van der Waals surface area contributed by atoms with E-state index < -0.39 is 5.97 Å². The highest BCUT2D eigenvalue weighted by molar-refractivity contribution is 6.35. The van der Waals surface area contributed by atoms with Gasteiger partial charge in [-0.3, -0.25) is 0 Å². The Morgan fingerprint density at radius 2 is 1.68 bits per heavy atom. The van der Waals surface area contributed by atoms with Crippen LogP contribution in [0.2, 0.25) is 15.1 Å². The first kappa shape index (κ1) is 14.0. The van der Waals surface area contributed by atoms with Crippen LogP contribution in [0.15, 0.2) is 36.4 Å². The van der Waals surface area contributed by atoms with E-state index in [4.69, 9.17) is 44.6 Å². The molecule has 1 N–H and O–H groups in total. The summed E-state index contributed by atoms with van der Waals surface area (Å²) in [7, 11) is 0. The number of halogens is 3. The van der Waals surface area contributed by atoms with E-state index in [1.165, 1.54) is 24.3 Å². The molecule has 0 saturated carbocycles. The largest absolute Gasteiger partial charge is 0.478 e. The van der Waals surface area contributed by atoms with Gasteiger partial charge in [-0.05, 0) is 30.3 Å². The van der Waals surface area contributed by atoms with Crippen LogP contribution < -0.4 is 4.74 Å². The molecule has 2 aromatic carbocycles. The van der Waals surface area contributed by atoms with Gasteiger partial charge in [0, 0.05) is 10.0 Å². The number of carboxylic acid groups (broad SMARTS) is 1. The molecule has 6 heteroatoms. The molecule has 19 heavy (non-hydrogen) atoms. The monoisotopic (exact) mass is 316 g/mol. The normalized spacial score (nSPS) is 10.3. The van der Waals surface area contributed by atoms with Crippen LogP contribution in [-0.2, 0) is 0 Å². The van der Waals surface area contributed by atoms with E-state index >= 15 is 0 Å². The second-order valence-corrected chi connectivity index (χ2v) is 4.91. The van der Waals surface area contributed by atoms with E-state index in [0.29, 0.717) is 15.8 Å². The molecule has 0 aromatic heterocycles. The summed E-state index contributed by atoms with van der Waals surface area (Å²) in [5.41, 5.74) is -0.111. The summed E-state index contributed by atoms with van der Waals surface area (Å²) in [6, 6.07) is 9.18. The summed E-state index contributed by atoms with van der Waals surface area (Å²) < 4.78 is 5.48. The summed E-state index contributed by atoms with van der Waals surface area (Å²) in [6.45, 7) is 0. The van der Waals surface area contributed by atoms with E-state index in [2.05, 4.69) is 0 Å². The van der Waals surface area contributed by atoms with E-state index in [0.717, 1.165) is 0 Å². The van der Waals surface area contributed by atoms with E-state index in [-0.39, 0.29) is 16.3 Å². The van der Waals surface area contributed by atoms with Gasteiger partial charge in [-0.25, -0.2) is 4.79 Å². The van der Waals surface area contributed by atoms with Crippen molar-refractivity contribution >= 4 is 40.8 Å². The summed E-state index contributed by atoms with van der Waals surface area (Å²) in [5, 5.41) is 9.99. The number of hydrogen-bond donors (Lipinski definition) is 1. The fourth-order valence-electron chi connectivity index (χ4n) is 1.51. The maximum absolute atomic E-state index is 11.2. The van der Waals surface area contributed by atoms with Gasteiger partial charge < -0.3 is 9.84 Å². The van der Waals surface area contributed by atoms with Crippen molar-refractivity contribution in [3.63, 3.8) is 0 Å². The fourth-order valence-corrected chi connectivity index (χ4v) is 2.26. The van der Waals surface area contributed by atoms with Crippen LogP contribution in [0.5, 0.6) is 11.5 Å². The Morgan fingerprint density at radius 1 is 1.05 bits per heavy atom. The van der Waals surface area contributed by atoms with Crippen LogP contribution in [0.4, 0.5) is 0 Å². The van der Waals surface area contributed by atoms with E-state index in [1.807, 2.05) is 0 Å². The lowest BCUT2D eigenvalue weighted by Crippen LogP contribution is -2.01. The van der Waals surface area contributed by atoms with Crippen molar-refractivity contribution in [1.82, 2.24) is 0 Å². The van der Waals surface area contributed by atoms with Gasteiger partial charge in [0.05, 0.1) is 5.02 Å². The van der Waals surface area contributed by atoms with Crippen LogP contribution in [0, 0.1) is 0 Å². The highest BCUT2D eigenvalue weighted by atomic mass is 35.5. The van der Waals surface area contributed by atoms with Gasteiger partial charge in [0.2, 0.25) is 0 Å². The van der Waals surface area contributed by atoms with Gasteiger partial charge >= 0.3 is 5.97 Å². The highest BCUT2D eigenvalue weighted by Gasteiger charge is 2.16. The molecule has 0 spiro atoms. The average molecular weight is 318 g/mol. The van der Waals surface area contributed by atoms with Crippen LogP contribution in [0.3, 0.4) is 0 Å². The molecule has 0 amide bonds. The van der Waals surface area contributed by atoms with Gasteiger partial charge in [-0.2, -0.15) is 0 Å². The summed E-state index contributed by atoms with van der Waals surface area (Å²) in [6.07, 6.45) is 0. The standard InChI is InChI=1S/C13H7Cl3O3/c14-7-4-8(15)6-9(5-7)19-11-3-1-2-10(16)12(11)13(17)18/h1-6H,(H,17,18). The second-order valence-electron chi connectivity index (χ2n) is 3.63. The first-order chi connectivity index (χ1) is 8.97. The molecule has 2 aromatic rings. The van der Waals surface area contributed by atoms with E-state index in [1.54, 1.807) is 12.1 Å². The Bertz CT molecular complexity index is 621. The Hall–Kier alpha value is -1.42. The minimum Gasteiger partial charge on any atom is -0.478 e. The fraction of sp³-hybridized carbons (Fsp3) is 0. The van der Waals surface area contributed by atoms with Crippen molar-refractivity contribution in [3.8, 4) is 11.5 Å². The van der Waals surface area contributed by atoms with E-state index in [9.17, 15) is 4.79 Å². The number of aromatic carboxylic acids is 1. The molecule has 0 saturated heterocycles. The molecule has 0 aliphatic heterocycles.